The molecule has 1 rings (SSSR count). The predicted molar refractivity (Wildman–Crippen MR) is 76.4 cm³/mol. The van der Waals surface area contributed by atoms with Crippen LogP contribution in [0.25, 0.3) is 0 Å². The second kappa shape index (κ2) is 8.17. The SMILES string of the molecule is CNC(C)(CO)CCCCN1CC(OC)C(OC)C1. The van der Waals surface area contributed by atoms with E-state index in [0.717, 1.165) is 38.9 Å². The third-order valence-corrected chi connectivity index (χ3v) is 4.30. The zero-order valence-electron chi connectivity index (χ0n) is 12.8. The van der Waals surface area contributed by atoms with Gasteiger partial charge in [-0.1, -0.05) is 6.42 Å². The molecule has 114 valence electrons. The highest BCUT2D eigenvalue weighted by Crippen LogP contribution is 2.18. The summed E-state index contributed by atoms with van der Waals surface area (Å²) in [4.78, 5) is 2.40. The minimum Gasteiger partial charge on any atom is -0.394 e. The molecule has 0 aliphatic carbocycles. The van der Waals surface area contributed by atoms with Crippen LogP contribution in [0.2, 0.25) is 0 Å². The van der Waals surface area contributed by atoms with E-state index in [0.29, 0.717) is 0 Å². The van der Waals surface area contributed by atoms with Crippen LogP contribution in [0.15, 0.2) is 0 Å². The zero-order chi connectivity index (χ0) is 14.3. The number of aliphatic hydroxyl groups is 1. The van der Waals surface area contributed by atoms with Crippen LogP contribution in [-0.4, -0.2) is 75.3 Å². The Morgan fingerprint density at radius 3 is 2.21 bits per heavy atom. The van der Waals surface area contributed by atoms with E-state index in [2.05, 4.69) is 17.1 Å². The number of nitrogens with zero attached hydrogens (tertiary/aromatic N) is 1. The highest BCUT2D eigenvalue weighted by molar-refractivity contribution is 4.86. The molecule has 3 unspecified atom stereocenters. The Hall–Kier alpha value is -0.200. The summed E-state index contributed by atoms with van der Waals surface area (Å²) in [7, 11) is 5.41. The van der Waals surface area contributed by atoms with E-state index in [4.69, 9.17) is 9.47 Å². The van der Waals surface area contributed by atoms with Crippen molar-refractivity contribution in [3.63, 3.8) is 0 Å². The van der Waals surface area contributed by atoms with Gasteiger partial charge >= 0.3 is 0 Å². The topological polar surface area (TPSA) is 54.0 Å². The molecule has 2 N–H and O–H groups in total. The highest BCUT2D eigenvalue weighted by atomic mass is 16.5. The first-order chi connectivity index (χ1) is 9.08. The summed E-state index contributed by atoms with van der Waals surface area (Å²) in [5.74, 6) is 0. The molecule has 1 heterocycles. The average molecular weight is 274 g/mol. The number of aliphatic hydroxyl groups excluding tert-OH is 1. The highest BCUT2D eigenvalue weighted by Gasteiger charge is 2.32. The van der Waals surface area contributed by atoms with E-state index in [9.17, 15) is 5.11 Å². The average Bonchev–Trinajstić information content (AvgIpc) is 2.85. The van der Waals surface area contributed by atoms with Crippen molar-refractivity contribution in [3.05, 3.63) is 0 Å². The van der Waals surface area contributed by atoms with Crippen LogP contribution in [0, 0.1) is 0 Å². The lowest BCUT2D eigenvalue weighted by molar-refractivity contribution is -0.00461. The largest absolute Gasteiger partial charge is 0.394 e. The van der Waals surface area contributed by atoms with E-state index in [-0.39, 0.29) is 24.4 Å². The summed E-state index contributed by atoms with van der Waals surface area (Å²) in [6.45, 7) is 5.23. The quantitative estimate of drug-likeness (QED) is 0.599. The van der Waals surface area contributed by atoms with Crippen LogP contribution >= 0.6 is 0 Å². The number of hydrogen-bond acceptors (Lipinski definition) is 5. The lowest BCUT2D eigenvalue weighted by Crippen LogP contribution is -2.43. The third kappa shape index (κ3) is 5.00. The first-order valence-electron chi connectivity index (χ1n) is 7.16. The molecule has 0 radical (unpaired) electrons. The minimum atomic E-state index is -0.144. The maximum Gasteiger partial charge on any atom is 0.0971 e. The fourth-order valence-electron chi connectivity index (χ4n) is 2.59. The molecule has 0 bridgehead atoms. The van der Waals surface area contributed by atoms with Crippen LogP contribution in [-0.2, 0) is 9.47 Å². The number of likely N-dealkylation sites (N-methyl/N-ethyl adjacent to an activating group) is 1. The second-order valence-corrected chi connectivity index (χ2v) is 5.73. The first kappa shape index (κ1) is 16.9. The van der Waals surface area contributed by atoms with E-state index >= 15 is 0 Å². The van der Waals surface area contributed by atoms with Crippen molar-refractivity contribution in [1.29, 1.82) is 0 Å². The predicted octanol–water partition coefficient (Wildman–Crippen LogP) is 0.473. The van der Waals surface area contributed by atoms with Crippen LogP contribution in [0.4, 0.5) is 0 Å². The smallest absolute Gasteiger partial charge is 0.0971 e. The van der Waals surface area contributed by atoms with Gasteiger partial charge in [-0.05, 0) is 33.4 Å². The Kier molecular flexibility index (Phi) is 7.25. The van der Waals surface area contributed by atoms with E-state index in [1.807, 2.05) is 7.05 Å². The molecule has 19 heavy (non-hydrogen) atoms. The lowest BCUT2D eigenvalue weighted by atomic mass is 9.96. The molecule has 1 aliphatic rings. The number of nitrogens with one attached hydrogen (secondary N) is 1. The minimum absolute atomic E-state index is 0.144. The van der Waals surface area contributed by atoms with Gasteiger partial charge in [0, 0.05) is 32.8 Å². The van der Waals surface area contributed by atoms with Crippen LogP contribution in [0.3, 0.4) is 0 Å². The van der Waals surface area contributed by atoms with Gasteiger partial charge in [-0.15, -0.1) is 0 Å². The molecule has 5 nitrogen and oxygen atoms in total. The van der Waals surface area contributed by atoms with Crippen molar-refractivity contribution in [1.82, 2.24) is 10.2 Å². The summed E-state index contributed by atoms with van der Waals surface area (Å²) in [6.07, 6.45) is 3.65. The molecule has 0 saturated carbocycles. The molecule has 1 aliphatic heterocycles. The Labute approximate surface area is 117 Å². The van der Waals surface area contributed by atoms with Crippen molar-refractivity contribution in [2.75, 3.05) is 47.5 Å². The lowest BCUT2D eigenvalue weighted by Gasteiger charge is -2.27. The monoisotopic (exact) mass is 274 g/mol. The fraction of sp³-hybridized carbons (Fsp3) is 1.00. The van der Waals surface area contributed by atoms with E-state index < -0.39 is 0 Å². The molecule has 0 aromatic heterocycles. The summed E-state index contributed by atoms with van der Waals surface area (Å²) in [5, 5.41) is 12.5. The van der Waals surface area contributed by atoms with Crippen molar-refractivity contribution in [2.24, 2.45) is 0 Å². The number of ether oxygens (including phenoxy) is 2. The van der Waals surface area contributed by atoms with Gasteiger partial charge in [0.05, 0.1) is 18.8 Å². The molecule has 5 heteroatoms. The van der Waals surface area contributed by atoms with Gasteiger partial charge in [-0.3, -0.25) is 4.90 Å². The second-order valence-electron chi connectivity index (χ2n) is 5.73. The number of rotatable bonds is 9. The van der Waals surface area contributed by atoms with Crippen LogP contribution < -0.4 is 5.32 Å². The number of likely N-dealkylation sites (tertiary alicyclic amines) is 1. The van der Waals surface area contributed by atoms with Gasteiger partial charge in [-0.25, -0.2) is 0 Å². The first-order valence-corrected chi connectivity index (χ1v) is 7.16. The van der Waals surface area contributed by atoms with Gasteiger partial charge in [0.15, 0.2) is 0 Å². The van der Waals surface area contributed by atoms with Crippen LogP contribution in [0.1, 0.15) is 26.2 Å². The van der Waals surface area contributed by atoms with Crippen molar-refractivity contribution >= 4 is 0 Å². The Morgan fingerprint density at radius 1 is 1.21 bits per heavy atom. The fourth-order valence-corrected chi connectivity index (χ4v) is 2.59. The van der Waals surface area contributed by atoms with Crippen molar-refractivity contribution in [3.8, 4) is 0 Å². The van der Waals surface area contributed by atoms with E-state index in [1.165, 1.54) is 0 Å². The normalized spacial score (nSPS) is 27.6. The summed E-state index contributed by atoms with van der Waals surface area (Å²) in [6, 6.07) is 0. The molecular weight excluding hydrogens is 244 g/mol. The summed E-state index contributed by atoms with van der Waals surface area (Å²) < 4.78 is 10.9. The molecule has 0 aromatic carbocycles. The van der Waals surface area contributed by atoms with Crippen LogP contribution in [0.5, 0.6) is 0 Å². The summed E-state index contributed by atoms with van der Waals surface area (Å²) in [5.41, 5.74) is -0.144. The Morgan fingerprint density at radius 2 is 1.79 bits per heavy atom. The van der Waals surface area contributed by atoms with Crippen molar-refractivity contribution < 1.29 is 14.6 Å². The molecule has 0 spiro atoms. The van der Waals surface area contributed by atoms with Gasteiger partial charge in [0.25, 0.3) is 0 Å². The number of hydrogen-bond donors (Lipinski definition) is 2. The van der Waals surface area contributed by atoms with E-state index in [1.54, 1.807) is 14.2 Å². The maximum atomic E-state index is 9.32. The summed E-state index contributed by atoms with van der Waals surface area (Å²) >= 11 is 0. The molecular formula is C14H30N2O3. The standard InChI is InChI=1S/C14H30N2O3/c1-14(11-17,15-2)7-5-6-8-16-9-12(18-3)13(10-16)19-4/h12-13,15,17H,5-11H2,1-4H3. The Balaban J connectivity index is 2.20. The molecule has 1 fully saturated rings. The van der Waals surface area contributed by atoms with Gasteiger partial charge < -0.3 is 19.9 Å². The number of unbranched alkanes of at least 4 members (excludes halogenated alkanes) is 1. The van der Waals surface area contributed by atoms with Gasteiger partial charge in [-0.2, -0.15) is 0 Å². The Bertz CT molecular complexity index is 235. The van der Waals surface area contributed by atoms with Gasteiger partial charge in [0.2, 0.25) is 0 Å². The molecule has 3 atom stereocenters. The molecule has 0 aromatic rings. The molecule has 0 amide bonds. The third-order valence-electron chi connectivity index (χ3n) is 4.30. The maximum absolute atomic E-state index is 9.32. The van der Waals surface area contributed by atoms with Gasteiger partial charge in [0.1, 0.15) is 0 Å². The van der Waals surface area contributed by atoms with Crippen molar-refractivity contribution in [2.45, 2.75) is 43.9 Å². The zero-order valence-corrected chi connectivity index (χ0v) is 12.8. The molecule has 1 saturated heterocycles. The number of methoxy groups -OCH3 is 2.